The number of amides is 1. The van der Waals surface area contributed by atoms with Crippen molar-refractivity contribution in [3.8, 4) is 0 Å². The van der Waals surface area contributed by atoms with Gasteiger partial charge in [-0.3, -0.25) is 4.79 Å². The number of carbonyl (C=O) groups is 1. The van der Waals surface area contributed by atoms with Crippen LogP contribution in [0.15, 0.2) is 48.5 Å². The fourth-order valence-electron chi connectivity index (χ4n) is 2.53. The van der Waals surface area contributed by atoms with Crippen LogP contribution >= 0.6 is 11.3 Å². The number of para-hydroxylation sites is 1. The van der Waals surface area contributed by atoms with Gasteiger partial charge in [0.1, 0.15) is 5.82 Å². The number of nitrogens with one attached hydrogen (secondary N) is 1. The van der Waals surface area contributed by atoms with Gasteiger partial charge in [-0.05, 0) is 42.7 Å². The lowest BCUT2D eigenvalue weighted by atomic mass is 10.1. The molecule has 1 heterocycles. The summed E-state index contributed by atoms with van der Waals surface area (Å²) in [7, 11) is 0. The van der Waals surface area contributed by atoms with Crippen molar-refractivity contribution in [3.05, 3.63) is 64.9 Å². The average Bonchev–Trinajstić information content (AvgIpc) is 3.00. The molecule has 124 valence electrons. The number of thiazole rings is 1. The van der Waals surface area contributed by atoms with Crippen LogP contribution < -0.4 is 5.32 Å². The normalized spacial score (nSPS) is 10.9. The molecule has 0 aliphatic carbocycles. The maximum absolute atomic E-state index is 13.1. The van der Waals surface area contributed by atoms with Gasteiger partial charge < -0.3 is 5.32 Å². The Balaban J connectivity index is 1.37. The van der Waals surface area contributed by atoms with Gasteiger partial charge in [-0.25, -0.2) is 9.37 Å². The summed E-state index contributed by atoms with van der Waals surface area (Å²) in [4.78, 5) is 16.4. The molecule has 3 rings (SSSR count). The molecule has 2 aromatic carbocycles. The van der Waals surface area contributed by atoms with Crippen LogP contribution in [0.5, 0.6) is 0 Å². The first kappa shape index (κ1) is 16.6. The SMILES string of the molecule is O=C(CCc1cccc(F)c1)NCCCc1nc2ccccc2s1. The molecule has 0 bridgehead atoms. The maximum atomic E-state index is 13.1. The van der Waals surface area contributed by atoms with E-state index < -0.39 is 0 Å². The number of aromatic nitrogens is 1. The molecule has 3 nitrogen and oxygen atoms in total. The largest absolute Gasteiger partial charge is 0.356 e. The summed E-state index contributed by atoms with van der Waals surface area (Å²) in [6, 6.07) is 14.5. The quantitative estimate of drug-likeness (QED) is 0.656. The average molecular weight is 342 g/mol. The van der Waals surface area contributed by atoms with Gasteiger partial charge >= 0.3 is 0 Å². The highest BCUT2D eigenvalue weighted by Crippen LogP contribution is 2.22. The second-order valence-electron chi connectivity index (χ2n) is 5.66. The number of benzene rings is 2. The minimum atomic E-state index is -0.260. The van der Waals surface area contributed by atoms with Crippen molar-refractivity contribution in [2.45, 2.75) is 25.7 Å². The fourth-order valence-corrected chi connectivity index (χ4v) is 3.54. The number of fused-ring (bicyclic) bond motifs is 1. The summed E-state index contributed by atoms with van der Waals surface area (Å²) in [5.74, 6) is -0.257. The summed E-state index contributed by atoms with van der Waals surface area (Å²) in [5.41, 5.74) is 1.89. The lowest BCUT2D eigenvalue weighted by Crippen LogP contribution is -2.24. The molecule has 0 saturated heterocycles. The van der Waals surface area contributed by atoms with Crippen LogP contribution in [0.4, 0.5) is 4.39 Å². The molecule has 0 radical (unpaired) electrons. The van der Waals surface area contributed by atoms with Gasteiger partial charge in [0, 0.05) is 19.4 Å². The molecular formula is C19H19FN2OS. The molecule has 0 atom stereocenters. The molecule has 1 amide bonds. The zero-order valence-electron chi connectivity index (χ0n) is 13.3. The molecule has 0 aliphatic rings. The van der Waals surface area contributed by atoms with Gasteiger partial charge in [-0.1, -0.05) is 24.3 Å². The van der Waals surface area contributed by atoms with Crippen molar-refractivity contribution in [3.63, 3.8) is 0 Å². The number of hydrogen-bond donors (Lipinski definition) is 1. The van der Waals surface area contributed by atoms with Crippen LogP contribution in [-0.2, 0) is 17.6 Å². The van der Waals surface area contributed by atoms with E-state index in [-0.39, 0.29) is 11.7 Å². The third-order valence-corrected chi connectivity index (χ3v) is 4.85. The summed E-state index contributed by atoms with van der Waals surface area (Å²) in [5, 5.41) is 4.02. The Morgan fingerprint density at radius 1 is 1.12 bits per heavy atom. The lowest BCUT2D eigenvalue weighted by Gasteiger charge is -2.05. The highest BCUT2D eigenvalue weighted by Gasteiger charge is 2.05. The number of halogens is 1. The number of hydrogen-bond acceptors (Lipinski definition) is 3. The van der Waals surface area contributed by atoms with Crippen LogP contribution in [0.1, 0.15) is 23.4 Å². The van der Waals surface area contributed by atoms with Crippen molar-refractivity contribution in [2.75, 3.05) is 6.54 Å². The van der Waals surface area contributed by atoms with Gasteiger partial charge in [0.2, 0.25) is 5.91 Å². The molecule has 1 aromatic heterocycles. The summed E-state index contributed by atoms with van der Waals surface area (Å²) in [6.07, 6.45) is 2.67. The Labute approximate surface area is 144 Å². The first-order chi connectivity index (χ1) is 11.7. The van der Waals surface area contributed by atoms with Crippen LogP contribution in [0.25, 0.3) is 10.2 Å². The Kier molecular flexibility index (Phi) is 5.54. The fraction of sp³-hybridized carbons (Fsp3) is 0.263. The van der Waals surface area contributed by atoms with Gasteiger partial charge in [0.15, 0.2) is 0 Å². The monoisotopic (exact) mass is 342 g/mol. The van der Waals surface area contributed by atoms with E-state index in [1.807, 2.05) is 24.3 Å². The van der Waals surface area contributed by atoms with Crippen LogP contribution in [0.2, 0.25) is 0 Å². The van der Waals surface area contributed by atoms with E-state index in [0.29, 0.717) is 19.4 Å². The number of rotatable bonds is 7. The first-order valence-electron chi connectivity index (χ1n) is 8.06. The second-order valence-corrected chi connectivity index (χ2v) is 6.77. The minimum Gasteiger partial charge on any atom is -0.356 e. The molecular weight excluding hydrogens is 323 g/mol. The standard InChI is InChI=1S/C19H19FN2OS/c20-15-6-3-5-14(13-15)10-11-18(23)21-12-4-9-19-22-16-7-1-2-8-17(16)24-19/h1-3,5-8,13H,4,9-12H2,(H,21,23). The summed E-state index contributed by atoms with van der Waals surface area (Å²) in [6.45, 7) is 0.637. The van der Waals surface area contributed by atoms with Crippen molar-refractivity contribution >= 4 is 27.5 Å². The number of carbonyl (C=O) groups excluding carboxylic acids is 1. The summed E-state index contributed by atoms with van der Waals surface area (Å²) < 4.78 is 14.3. The Morgan fingerprint density at radius 3 is 2.83 bits per heavy atom. The van der Waals surface area contributed by atoms with E-state index in [1.165, 1.54) is 16.8 Å². The van der Waals surface area contributed by atoms with E-state index in [0.717, 1.165) is 28.9 Å². The third-order valence-electron chi connectivity index (χ3n) is 3.76. The number of nitrogens with zero attached hydrogens (tertiary/aromatic N) is 1. The second kappa shape index (κ2) is 8.02. The molecule has 5 heteroatoms. The highest BCUT2D eigenvalue weighted by atomic mass is 32.1. The van der Waals surface area contributed by atoms with Crippen molar-refractivity contribution in [2.24, 2.45) is 0 Å². The van der Waals surface area contributed by atoms with Gasteiger partial charge in [-0.15, -0.1) is 11.3 Å². The zero-order chi connectivity index (χ0) is 16.8. The maximum Gasteiger partial charge on any atom is 0.220 e. The topological polar surface area (TPSA) is 42.0 Å². The third kappa shape index (κ3) is 4.61. The predicted molar refractivity (Wildman–Crippen MR) is 95.7 cm³/mol. The van der Waals surface area contributed by atoms with Gasteiger partial charge in [-0.2, -0.15) is 0 Å². The van der Waals surface area contributed by atoms with E-state index >= 15 is 0 Å². The van der Waals surface area contributed by atoms with Gasteiger partial charge in [0.05, 0.1) is 15.2 Å². The van der Waals surface area contributed by atoms with E-state index in [1.54, 1.807) is 17.4 Å². The molecule has 0 spiro atoms. The van der Waals surface area contributed by atoms with Crippen molar-refractivity contribution in [1.82, 2.24) is 10.3 Å². The molecule has 0 saturated carbocycles. The first-order valence-corrected chi connectivity index (χ1v) is 8.88. The van der Waals surface area contributed by atoms with Crippen molar-refractivity contribution < 1.29 is 9.18 Å². The smallest absolute Gasteiger partial charge is 0.220 e. The molecule has 1 N–H and O–H groups in total. The molecule has 0 aliphatic heterocycles. The minimum absolute atomic E-state index is 0.00330. The highest BCUT2D eigenvalue weighted by molar-refractivity contribution is 7.18. The molecule has 0 fully saturated rings. The predicted octanol–water partition coefficient (Wildman–Crippen LogP) is 4.12. The molecule has 24 heavy (non-hydrogen) atoms. The molecule has 3 aromatic rings. The molecule has 0 unspecified atom stereocenters. The Bertz CT molecular complexity index is 798. The van der Waals surface area contributed by atoms with Crippen LogP contribution in [0.3, 0.4) is 0 Å². The van der Waals surface area contributed by atoms with Gasteiger partial charge in [0.25, 0.3) is 0 Å². The van der Waals surface area contributed by atoms with E-state index in [9.17, 15) is 9.18 Å². The Hall–Kier alpha value is -2.27. The number of aryl methyl sites for hydroxylation is 2. The lowest BCUT2D eigenvalue weighted by molar-refractivity contribution is -0.121. The van der Waals surface area contributed by atoms with Crippen LogP contribution in [-0.4, -0.2) is 17.4 Å². The van der Waals surface area contributed by atoms with Crippen LogP contribution in [0, 0.1) is 5.82 Å². The van der Waals surface area contributed by atoms with Crippen molar-refractivity contribution in [1.29, 1.82) is 0 Å². The summed E-state index contributed by atoms with van der Waals surface area (Å²) >= 11 is 1.71. The Morgan fingerprint density at radius 2 is 2.00 bits per heavy atom. The van der Waals surface area contributed by atoms with E-state index in [2.05, 4.69) is 16.4 Å². The zero-order valence-corrected chi connectivity index (χ0v) is 14.1. The van der Waals surface area contributed by atoms with E-state index in [4.69, 9.17) is 0 Å².